The van der Waals surface area contributed by atoms with Crippen molar-refractivity contribution in [1.82, 2.24) is 10.6 Å². The van der Waals surface area contributed by atoms with Crippen molar-refractivity contribution in [3.63, 3.8) is 0 Å². The summed E-state index contributed by atoms with van der Waals surface area (Å²) in [5, 5.41) is 6.45. The molecule has 1 unspecified atom stereocenters. The Morgan fingerprint density at radius 2 is 1.93 bits per heavy atom. The van der Waals surface area contributed by atoms with Crippen molar-refractivity contribution >= 4 is 17.5 Å². The molecule has 0 saturated carbocycles. The van der Waals surface area contributed by atoms with Gasteiger partial charge >= 0.3 is 0 Å². The van der Waals surface area contributed by atoms with Crippen molar-refractivity contribution in [2.24, 2.45) is 5.92 Å². The molecule has 2 amide bonds. The minimum atomic E-state index is -0.00945. The van der Waals surface area contributed by atoms with Crippen molar-refractivity contribution in [2.45, 2.75) is 32.6 Å². The first-order valence-corrected chi connectivity index (χ1v) is 10.7. The molecule has 1 saturated heterocycles. The summed E-state index contributed by atoms with van der Waals surface area (Å²) in [5.41, 5.74) is 5.15. The number of piperidine rings is 1. The van der Waals surface area contributed by atoms with Crippen molar-refractivity contribution in [2.75, 3.05) is 31.1 Å². The van der Waals surface area contributed by atoms with E-state index in [1.165, 1.54) is 18.4 Å². The molecule has 2 aliphatic rings. The van der Waals surface area contributed by atoms with E-state index >= 15 is 0 Å². The second-order valence-corrected chi connectivity index (χ2v) is 7.99. The van der Waals surface area contributed by atoms with Crippen LogP contribution >= 0.6 is 0 Å². The fraction of sp³-hybridized carbons (Fsp3) is 0.417. The normalized spacial score (nSPS) is 18.4. The topological polar surface area (TPSA) is 61.4 Å². The lowest BCUT2D eigenvalue weighted by Gasteiger charge is -2.22. The number of hydrogen-bond acceptors (Lipinski definition) is 3. The van der Waals surface area contributed by atoms with Gasteiger partial charge < -0.3 is 15.5 Å². The summed E-state index contributed by atoms with van der Waals surface area (Å²) in [6.45, 7) is 5.46. The molecule has 2 aliphatic heterocycles. The zero-order valence-electron chi connectivity index (χ0n) is 17.0. The van der Waals surface area contributed by atoms with Gasteiger partial charge in [0.2, 0.25) is 5.91 Å². The Morgan fingerprint density at radius 3 is 2.66 bits per heavy atom. The first-order chi connectivity index (χ1) is 14.2. The van der Waals surface area contributed by atoms with Gasteiger partial charge in [0.25, 0.3) is 5.91 Å². The first-order valence-electron chi connectivity index (χ1n) is 10.7. The molecule has 4 rings (SSSR count). The molecule has 29 heavy (non-hydrogen) atoms. The lowest BCUT2D eigenvalue weighted by Crippen LogP contribution is -2.38. The highest BCUT2D eigenvalue weighted by Gasteiger charge is 2.23. The summed E-state index contributed by atoms with van der Waals surface area (Å²) in [7, 11) is 0. The molecule has 2 aromatic carbocycles. The minimum Gasteiger partial charge on any atom is -0.352 e. The summed E-state index contributed by atoms with van der Waals surface area (Å²) in [4.78, 5) is 26.4. The third kappa shape index (κ3) is 4.35. The fourth-order valence-corrected chi connectivity index (χ4v) is 4.28. The van der Waals surface area contributed by atoms with Gasteiger partial charge in [-0.2, -0.15) is 0 Å². The molecule has 0 bridgehead atoms. The van der Waals surface area contributed by atoms with E-state index in [0.717, 1.165) is 49.4 Å². The summed E-state index contributed by atoms with van der Waals surface area (Å²) < 4.78 is 0. The van der Waals surface area contributed by atoms with Gasteiger partial charge in [0, 0.05) is 30.8 Å². The maximum atomic E-state index is 12.4. The monoisotopic (exact) mass is 391 g/mol. The predicted molar refractivity (Wildman–Crippen MR) is 116 cm³/mol. The zero-order valence-corrected chi connectivity index (χ0v) is 17.0. The number of benzene rings is 2. The maximum absolute atomic E-state index is 12.4. The molecule has 5 heteroatoms. The molecule has 1 atom stereocenters. The number of rotatable bonds is 5. The molecule has 0 radical (unpaired) electrons. The van der Waals surface area contributed by atoms with Crippen LogP contribution in [0.2, 0.25) is 0 Å². The van der Waals surface area contributed by atoms with Crippen LogP contribution in [-0.4, -0.2) is 38.0 Å². The van der Waals surface area contributed by atoms with Gasteiger partial charge in [-0.1, -0.05) is 25.1 Å². The Bertz CT molecular complexity index is 885. The first kappa shape index (κ1) is 19.6. The van der Waals surface area contributed by atoms with Gasteiger partial charge in [0.05, 0.1) is 0 Å². The number of carbonyl (C=O) groups excluding carboxylic acids is 2. The summed E-state index contributed by atoms with van der Waals surface area (Å²) >= 11 is 0. The van der Waals surface area contributed by atoms with Gasteiger partial charge in [-0.15, -0.1) is 0 Å². The second kappa shape index (κ2) is 8.78. The highest BCUT2D eigenvalue weighted by Crippen LogP contribution is 2.32. The van der Waals surface area contributed by atoms with Crippen molar-refractivity contribution in [3.05, 3.63) is 53.6 Å². The number of fused-ring (bicyclic) bond motifs is 1. The van der Waals surface area contributed by atoms with Crippen molar-refractivity contribution in [3.8, 4) is 11.1 Å². The number of anilines is 1. The van der Waals surface area contributed by atoms with Crippen LogP contribution in [0.15, 0.2) is 42.5 Å². The molecule has 2 aromatic rings. The van der Waals surface area contributed by atoms with Crippen LogP contribution in [0.5, 0.6) is 0 Å². The van der Waals surface area contributed by atoms with E-state index in [1.54, 1.807) is 0 Å². The maximum Gasteiger partial charge on any atom is 0.251 e. The molecule has 0 spiro atoms. The van der Waals surface area contributed by atoms with Crippen LogP contribution in [0.25, 0.3) is 11.1 Å². The zero-order chi connectivity index (χ0) is 20.2. The molecule has 1 fully saturated rings. The molecule has 0 aromatic heterocycles. The van der Waals surface area contributed by atoms with Crippen LogP contribution in [0, 0.1) is 5.92 Å². The van der Waals surface area contributed by atoms with Gasteiger partial charge in [0.15, 0.2) is 0 Å². The Kier molecular flexibility index (Phi) is 5.95. The van der Waals surface area contributed by atoms with Crippen molar-refractivity contribution in [1.29, 1.82) is 0 Å². The number of hydrogen-bond donors (Lipinski definition) is 2. The van der Waals surface area contributed by atoms with Crippen LogP contribution in [0.3, 0.4) is 0 Å². The Hall–Kier alpha value is -2.66. The molecule has 2 heterocycles. The number of nitrogens with one attached hydrogen (secondary N) is 2. The van der Waals surface area contributed by atoms with Crippen LogP contribution in [-0.2, 0) is 11.2 Å². The minimum absolute atomic E-state index is 0.00945. The second-order valence-electron chi connectivity index (χ2n) is 7.99. The molecular formula is C24H29N3O2. The van der Waals surface area contributed by atoms with E-state index in [0.29, 0.717) is 17.9 Å². The largest absolute Gasteiger partial charge is 0.352 e. The Labute approximate surface area is 172 Å². The summed E-state index contributed by atoms with van der Waals surface area (Å²) in [5.74, 6) is 0.693. The third-order valence-electron chi connectivity index (χ3n) is 6.01. The molecule has 5 nitrogen and oxygen atoms in total. The van der Waals surface area contributed by atoms with E-state index in [9.17, 15) is 9.59 Å². The molecule has 152 valence electrons. The van der Waals surface area contributed by atoms with E-state index in [4.69, 9.17) is 0 Å². The molecular weight excluding hydrogens is 362 g/mol. The third-order valence-corrected chi connectivity index (χ3v) is 6.01. The number of amides is 2. The van der Waals surface area contributed by atoms with Crippen LogP contribution in [0.4, 0.5) is 5.69 Å². The quantitative estimate of drug-likeness (QED) is 0.821. The number of nitrogens with zero attached hydrogens (tertiary/aromatic N) is 1. The molecule has 2 N–H and O–H groups in total. The lowest BCUT2D eigenvalue weighted by molar-refractivity contribution is -0.118. The van der Waals surface area contributed by atoms with E-state index in [-0.39, 0.29) is 11.8 Å². The number of carbonyl (C=O) groups is 2. The van der Waals surface area contributed by atoms with Gasteiger partial charge in [-0.05, 0) is 79.2 Å². The van der Waals surface area contributed by atoms with E-state index < -0.39 is 0 Å². The van der Waals surface area contributed by atoms with E-state index in [1.807, 2.05) is 42.2 Å². The predicted octanol–water partition coefficient (Wildman–Crippen LogP) is 3.38. The average molecular weight is 392 g/mol. The smallest absolute Gasteiger partial charge is 0.251 e. The summed E-state index contributed by atoms with van der Waals surface area (Å²) in [6.07, 6.45) is 3.78. The molecule has 0 aliphatic carbocycles. The Morgan fingerprint density at radius 1 is 1.14 bits per heavy atom. The summed E-state index contributed by atoms with van der Waals surface area (Å²) in [6, 6.07) is 14.1. The standard InChI is InChI=1S/C24H29N3O2/c1-2-23(28)27-13-11-21-14-20(9-10-22(21)27)18-5-7-19(8-6-18)24(29)26-16-17-4-3-12-25-15-17/h5-10,14,17,25H,2-4,11-13,15-16H2,1H3,(H,26,29). The van der Waals surface area contributed by atoms with Crippen LogP contribution < -0.4 is 15.5 Å². The van der Waals surface area contributed by atoms with Gasteiger partial charge in [-0.3, -0.25) is 9.59 Å². The highest BCUT2D eigenvalue weighted by atomic mass is 16.2. The average Bonchev–Trinajstić information content (AvgIpc) is 3.21. The highest BCUT2D eigenvalue weighted by molar-refractivity contribution is 5.96. The van der Waals surface area contributed by atoms with E-state index in [2.05, 4.69) is 22.8 Å². The Balaban J connectivity index is 1.41. The van der Waals surface area contributed by atoms with Crippen molar-refractivity contribution < 1.29 is 9.59 Å². The van der Waals surface area contributed by atoms with Gasteiger partial charge in [0.1, 0.15) is 0 Å². The fourth-order valence-electron chi connectivity index (χ4n) is 4.28. The SMILES string of the molecule is CCC(=O)N1CCc2cc(-c3ccc(C(=O)NCC4CCCNC4)cc3)ccc21. The van der Waals surface area contributed by atoms with Crippen LogP contribution in [0.1, 0.15) is 42.1 Å². The lowest BCUT2D eigenvalue weighted by atomic mass is 9.99. The van der Waals surface area contributed by atoms with Gasteiger partial charge in [-0.25, -0.2) is 0 Å².